The number of alkyl halides is 1. The number of rotatable bonds is 5. The highest BCUT2D eigenvalue weighted by Crippen LogP contribution is 2.29. The zero-order chi connectivity index (χ0) is 14.5. The van der Waals surface area contributed by atoms with E-state index in [2.05, 4.69) is 51.9 Å². The van der Waals surface area contributed by atoms with Crippen molar-refractivity contribution in [2.24, 2.45) is 5.92 Å². The molecule has 0 spiro atoms. The number of hydrogen-bond donors (Lipinski definition) is 0. The Morgan fingerprint density at radius 1 is 1.15 bits per heavy atom. The summed E-state index contributed by atoms with van der Waals surface area (Å²) in [6, 6.07) is 12.0. The van der Waals surface area contributed by atoms with Crippen LogP contribution in [-0.4, -0.2) is 16.6 Å². The van der Waals surface area contributed by atoms with Gasteiger partial charge >= 0.3 is 0 Å². The van der Waals surface area contributed by atoms with Crippen molar-refractivity contribution < 1.29 is 4.74 Å². The summed E-state index contributed by atoms with van der Waals surface area (Å²) in [6.45, 7) is 6.85. The second kappa shape index (κ2) is 6.84. The van der Waals surface area contributed by atoms with Gasteiger partial charge in [0.2, 0.25) is 5.88 Å². The highest BCUT2D eigenvalue weighted by atomic mass is 79.9. The standard InChI is InChI=1S/C16H19BrN2O/c1-11(2)10-20-14-9-12(3)18-16(19-14)15(17)13-7-5-4-6-8-13/h4-9,11,15H,10H2,1-3H3. The van der Waals surface area contributed by atoms with E-state index in [0.29, 0.717) is 18.4 Å². The lowest BCUT2D eigenvalue weighted by Crippen LogP contribution is -2.09. The van der Waals surface area contributed by atoms with Gasteiger partial charge in [-0.3, -0.25) is 0 Å². The molecule has 0 amide bonds. The molecule has 1 aromatic heterocycles. The first-order chi connectivity index (χ1) is 9.56. The van der Waals surface area contributed by atoms with Gasteiger partial charge in [0.1, 0.15) is 0 Å². The van der Waals surface area contributed by atoms with E-state index in [4.69, 9.17) is 4.74 Å². The van der Waals surface area contributed by atoms with Crippen molar-refractivity contribution in [1.82, 2.24) is 9.97 Å². The molecule has 0 saturated carbocycles. The van der Waals surface area contributed by atoms with Crippen molar-refractivity contribution in [2.75, 3.05) is 6.61 Å². The van der Waals surface area contributed by atoms with Gasteiger partial charge in [-0.05, 0) is 18.4 Å². The van der Waals surface area contributed by atoms with E-state index < -0.39 is 0 Å². The van der Waals surface area contributed by atoms with Gasteiger partial charge in [0.15, 0.2) is 5.82 Å². The van der Waals surface area contributed by atoms with E-state index in [0.717, 1.165) is 17.1 Å². The Morgan fingerprint density at radius 3 is 2.50 bits per heavy atom. The summed E-state index contributed by atoms with van der Waals surface area (Å²) in [6.07, 6.45) is 0. The number of benzene rings is 1. The minimum absolute atomic E-state index is 0.0231. The molecule has 0 fully saturated rings. The van der Waals surface area contributed by atoms with Gasteiger partial charge < -0.3 is 4.74 Å². The third kappa shape index (κ3) is 4.04. The molecule has 1 heterocycles. The van der Waals surface area contributed by atoms with Crippen LogP contribution < -0.4 is 4.74 Å². The summed E-state index contributed by atoms with van der Waals surface area (Å²) < 4.78 is 5.70. The van der Waals surface area contributed by atoms with Crippen molar-refractivity contribution >= 4 is 15.9 Å². The van der Waals surface area contributed by atoms with Crippen LogP contribution in [-0.2, 0) is 0 Å². The van der Waals surface area contributed by atoms with Crippen molar-refractivity contribution in [3.8, 4) is 5.88 Å². The van der Waals surface area contributed by atoms with Crippen molar-refractivity contribution in [3.05, 3.63) is 53.5 Å². The highest BCUT2D eigenvalue weighted by molar-refractivity contribution is 9.09. The topological polar surface area (TPSA) is 35.0 Å². The molecule has 4 heteroatoms. The quantitative estimate of drug-likeness (QED) is 0.764. The molecular weight excluding hydrogens is 316 g/mol. The van der Waals surface area contributed by atoms with Crippen LogP contribution >= 0.6 is 15.9 Å². The molecule has 20 heavy (non-hydrogen) atoms. The van der Waals surface area contributed by atoms with Crippen LogP contribution in [0.3, 0.4) is 0 Å². The Hall–Kier alpha value is -1.42. The number of hydrogen-bond acceptors (Lipinski definition) is 3. The average molecular weight is 335 g/mol. The fourth-order valence-electron chi connectivity index (χ4n) is 1.77. The molecule has 0 aliphatic rings. The van der Waals surface area contributed by atoms with E-state index in [-0.39, 0.29) is 4.83 Å². The Labute approximate surface area is 128 Å². The smallest absolute Gasteiger partial charge is 0.216 e. The molecule has 1 aromatic carbocycles. The predicted molar refractivity (Wildman–Crippen MR) is 84.3 cm³/mol. The number of halogens is 1. The van der Waals surface area contributed by atoms with E-state index in [1.165, 1.54) is 0 Å². The largest absolute Gasteiger partial charge is 0.477 e. The van der Waals surface area contributed by atoms with Gasteiger partial charge in [0.25, 0.3) is 0 Å². The Kier molecular flexibility index (Phi) is 5.12. The van der Waals surface area contributed by atoms with Gasteiger partial charge in [-0.1, -0.05) is 60.1 Å². The molecule has 0 aliphatic carbocycles. The maximum atomic E-state index is 5.70. The summed E-state index contributed by atoms with van der Waals surface area (Å²) >= 11 is 3.66. The zero-order valence-corrected chi connectivity index (χ0v) is 13.6. The third-order valence-corrected chi connectivity index (χ3v) is 3.67. The Balaban J connectivity index is 2.23. The third-order valence-electron chi connectivity index (χ3n) is 2.73. The van der Waals surface area contributed by atoms with Crippen molar-refractivity contribution in [1.29, 1.82) is 0 Å². The van der Waals surface area contributed by atoms with Gasteiger partial charge in [0, 0.05) is 11.8 Å². The second-order valence-corrected chi connectivity index (χ2v) is 6.10. The minimum atomic E-state index is -0.0231. The maximum absolute atomic E-state index is 5.70. The molecule has 1 unspecified atom stereocenters. The van der Waals surface area contributed by atoms with Crippen LogP contribution in [0.2, 0.25) is 0 Å². The summed E-state index contributed by atoms with van der Waals surface area (Å²) in [7, 11) is 0. The van der Waals surface area contributed by atoms with Gasteiger partial charge in [-0.15, -0.1) is 0 Å². The summed E-state index contributed by atoms with van der Waals surface area (Å²) in [4.78, 5) is 8.98. The molecule has 0 bridgehead atoms. The monoisotopic (exact) mass is 334 g/mol. The van der Waals surface area contributed by atoms with Gasteiger partial charge in [-0.2, -0.15) is 4.98 Å². The molecule has 0 N–H and O–H groups in total. The van der Waals surface area contributed by atoms with Crippen LogP contribution in [0, 0.1) is 12.8 Å². The molecule has 1 atom stereocenters. The number of nitrogens with zero attached hydrogens (tertiary/aromatic N) is 2. The van der Waals surface area contributed by atoms with Crippen molar-refractivity contribution in [3.63, 3.8) is 0 Å². The van der Waals surface area contributed by atoms with Gasteiger partial charge in [0.05, 0.1) is 11.4 Å². The maximum Gasteiger partial charge on any atom is 0.216 e. The zero-order valence-electron chi connectivity index (χ0n) is 12.0. The number of aromatic nitrogens is 2. The molecule has 2 aromatic rings. The molecular formula is C16H19BrN2O. The first kappa shape index (κ1) is 15.0. The molecule has 3 nitrogen and oxygen atoms in total. The molecule has 0 radical (unpaired) electrons. The molecule has 106 valence electrons. The van der Waals surface area contributed by atoms with Crippen LogP contribution in [0.15, 0.2) is 36.4 Å². The summed E-state index contributed by atoms with van der Waals surface area (Å²) in [5.41, 5.74) is 2.04. The lowest BCUT2D eigenvalue weighted by atomic mass is 10.1. The number of aryl methyl sites for hydroxylation is 1. The Morgan fingerprint density at radius 2 is 1.85 bits per heavy atom. The van der Waals surface area contributed by atoms with Crippen LogP contribution in [0.25, 0.3) is 0 Å². The van der Waals surface area contributed by atoms with Gasteiger partial charge in [-0.25, -0.2) is 4.98 Å². The molecule has 0 saturated heterocycles. The van der Waals surface area contributed by atoms with Crippen LogP contribution in [0.1, 0.15) is 35.8 Å². The van der Waals surface area contributed by atoms with Crippen molar-refractivity contribution in [2.45, 2.75) is 25.6 Å². The normalized spacial score (nSPS) is 12.4. The first-order valence-electron chi connectivity index (χ1n) is 6.73. The molecule has 0 aliphatic heterocycles. The van der Waals surface area contributed by atoms with E-state index in [1.54, 1.807) is 0 Å². The fraction of sp³-hybridized carbons (Fsp3) is 0.375. The lowest BCUT2D eigenvalue weighted by molar-refractivity contribution is 0.260. The van der Waals surface area contributed by atoms with E-state index in [9.17, 15) is 0 Å². The minimum Gasteiger partial charge on any atom is -0.477 e. The van der Waals surface area contributed by atoms with E-state index >= 15 is 0 Å². The Bertz CT molecular complexity index is 558. The predicted octanol–water partition coefficient (Wildman–Crippen LogP) is 4.30. The summed E-state index contributed by atoms with van der Waals surface area (Å²) in [5.74, 6) is 1.85. The molecule has 2 rings (SSSR count). The second-order valence-electron chi connectivity index (χ2n) is 5.18. The lowest BCUT2D eigenvalue weighted by Gasteiger charge is -2.13. The average Bonchev–Trinajstić information content (AvgIpc) is 2.44. The van der Waals surface area contributed by atoms with E-state index in [1.807, 2.05) is 31.2 Å². The van der Waals surface area contributed by atoms with Crippen LogP contribution in [0.5, 0.6) is 5.88 Å². The first-order valence-corrected chi connectivity index (χ1v) is 7.65. The number of ether oxygens (including phenoxy) is 1. The fourth-order valence-corrected chi connectivity index (χ4v) is 2.28. The summed E-state index contributed by atoms with van der Waals surface area (Å²) in [5, 5.41) is 0. The SMILES string of the molecule is Cc1cc(OCC(C)C)nc(C(Br)c2ccccc2)n1. The van der Waals surface area contributed by atoms with Crippen LogP contribution in [0.4, 0.5) is 0 Å². The highest BCUT2D eigenvalue weighted by Gasteiger charge is 2.15.